The lowest BCUT2D eigenvalue weighted by atomic mass is 9.72. The molecule has 0 amide bonds. The van der Waals surface area contributed by atoms with Gasteiger partial charge in [0.15, 0.2) is 0 Å². The molecule has 0 heterocycles. The van der Waals surface area contributed by atoms with Crippen molar-refractivity contribution in [3.8, 4) is 0 Å². The molecule has 1 nitrogen and oxygen atoms in total. The first-order valence-electron chi connectivity index (χ1n) is 5.16. The van der Waals surface area contributed by atoms with Crippen LogP contribution in [-0.4, -0.2) is 13.1 Å². The molecule has 3 atom stereocenters. The van der Waals surface area contributed by atoms with Crippen molar-refractivity contribution >= 4 is 0 Å². The third kappa shape index (κ3) is 1.42. The van der Waals surface area contributed by atoms with E-state index >= 15 is 0 Å². The number of hydrogen-bond acceptors (Lipinski definition) is 1. The molecule has 1 N–H and O–H groups in total. The quantitative estimate of drug-likeness (QED) is 0.588. The number of nitrogens with one attached hydrogen (secondary N) is 1. The molecule has 0 aromatic heterocycles. The standard InChI is InChI=1S/C11H19N/c1-8-5-9-3-4-11(12-2)10(6-8)7-9/h5,8,10-12H,3-4,6-7H2,1-2H3. The summed E-state index contributed by atoms with van der Waals surface area (Å²) in [5.74, 6) is 1.76. The first-order chi connectivity index (χ1) is 5.79. The van der Waals surface area contributed by atoms with E-state index in [1.807, 2.05) is 0 Å². The molecule has 1 fully saturated rings. The first-order valence-corrected chi connectivity index (χ1v) is 5.16. The van der Waals surface area contributed by atoms with E-state index in [0.29, 0.717) is 0 Å². The Labute approximate surface area is 75.2 Å². The number of fused-ring (bicyclic) bond motifs is 2. The van der Waals surface area contributed by atoms with Gasteiger partial charge in [0.2, 0.25) is 0 Å². The normalized spacial score (nSPS) is 40.8. The maximum absolute atomic E-state index is 3.45. The van der Waals surface area contributed by atoms with Crippen LogP contribution in [0.2, 0.25) is 0 Å². The van der Waals surface area contributed by atoms with Gasteiger partial charge in [-0.25, -0.2) is 0 Å². The van der Waals surface area contributed by atoms with Gasteiger partial charge in [0.1, 0.15) is 0 Å². The van der Waals surface area contributed by atoms with Gasteiger partial charge in [-0.15, -0.1) is 0 Å². The van der Waals surface area contributed by atoms with Crippen molar-refractivity contribution in [3.63, 3.8) is 0 Å². The number of rotatable bonds is 1. The highest BCUT2D eigenvalue weighted by Crippen LogP contribution is 2.38. The summed E-state index contributed by atoms with van der Waals surface area (Å²) in [6, 6.07) is 0.796. The van der Waals surface area contributed by atoms with Crippen molar-refractivity contribution in [2.75, 3.05) is 7.05 Å². The summed E-state index contributed by atoms with van der Waals surface area (Å²) >= 11 is 0. The van der Waals surface area contributed by atoms with E-state index in [-0.39, 0.29) is 0 Å². The zero-order valence-corrected chi connectivity index (χ0v) is 8.14. The Morgan fingerprint density at radius 2 is 2.33 bits per heavy atom. The van der Waals surface area contributed by atoms with Gasteiger partial charge in [0.05, 0.1) is 0 Å². The van der Waals surface area contributed by atoms with Crippen LogP contribution in [0, 0.1) is 11.8 Å². The second kappa shape index (κ2) is 3.21. The van der Waals surface area contributed by atoms with Gasteiger partial charge in [0.25, 0.3) is 0 Å². The summed E-state index contributed by atoms with van der Waals surface area (Å²) < 4.78 is 0. The van der Waals surface area contributed by atoms with E-state index in [4.69, 9.17) is 0 Å². The lowest BCUT2D eigenvalue weighted by molar-refractivity contribution is 0.262. The van der Waals surface area contributed by atoms with Gasteiger partial charge in [0, 0.05) is 6.04 Å². The monoisotopic (exact) mass is 165 g/mol. The van der Waals surface area contributed by atoms with Crippen LogP contribution in [0.3, 0.4) is 0 Å². The van der Waals surface area contributed by atoms with Crippen molar-refractivity contribution in [1.82, 2.24) is 5.32 Å². The van der Waals surface area contributed by atoms with E-state index in [2.05, 4.69) is 25.4 Å². The van der Waals surface area contributed by atoms with Crippen LogP contribution < -0.4 is 5.32 Å². The number of allylic oxidation sites excluding steroid dienone is 2. The molecular formula is C11H19N. The van der Waals surface area contributed by atoms with Gasteiger partial charge < -0.3 is 5.32 Å². The molecule has 68 valence electrons. The summed E-state index contributed by atoms with van der Waals surface area (Å²) in [5, 5.41) is 3.45. The summed E-state index contributed by atoms with van der Waals surface area (Å²) in [4.78, 5) is 0. The lowest BCUT2D eigenvalue weighted by Gasteiger charge is -2.37. The summed E-state index contributed by atoms with van der Waals surface area (Å²) in [5.41, 5.74) is 1.73. The topological polar surface area (TPSA) is 12.0 Å². The maximum atomic E-state index is 3.45. The molecule has 0 aromatic carbocycles. The molecule has 2 aliphatic rings. The van der Waals surface area contributed by atoms with E-state index in [1.165, 1.54) is 25.7 Å². The Balaban J connectivity index is 2.11. The van der Waals surface area contributed by atoms with E-state index in [1.54, 1.807) is 5.57 Å². The fourth-order valence-corrected chi connectivity index (χ4v) is 2.88. The fraction of sp³-hybridized carbons (Fsp3) is 0.818. The SMILES string of the molecule is CNC1CCC2=CC(C)CC1C2. The van der Waals surface area contributed by atoms with Gasteiger partial charge in [-0.2, -0.15) is 0 Å². The van der Waals surface area contributed by atoms with Crippen molar-refractivity contribution in [1.29, 1.82) is 0 Å². The minimum absolute atomic E-state index is 0.796. The zero-order chi connectivity index (χ0) is 8.55. The average molecular weight is 165 g/mol. The Hall–Kier alpha value is -0.300. The maximum Gasteiger partial charge on any atom is 0.00986 e. The van der Waals surface area contributed by atoms with E-state index in [0.717, 1.165) is 17.9 Å². The molecule has 2 aliphatic carbocycles. The molecule has 2 bridgehead atoms. The second-order valence-corrected chi connectivity index (χ2v) is 4.44. The van der Waals surface area contributed by atoms with Crippen LogP contribution in [0.1, 0.15) is 32.6 Å². The Bertz CT molecular complexity index is 195. The van der Waals surface area contributed by atoms with Crippen molar-refractivity contribution in [2.45, 2.75) is 38.6 Å². The third-order valence-corrected chi connectivity index (χ3v) is 3.44. The second-order valence-electron chi connectivity index (χ2n) is 4.44. The largest absolute Gasteiger partial charge is 0.317 e. The van der Waals surface area contributed by atoms with Crippen molar-refractivity contribution < 1.29 is 0 Å². The molecule has 2 rings (SSSR count). The fourth-order valence-electron chi connectivity index (χ4n) is 2.88. The van der Waals surface area contributed by atoms with E-state index < -0.39 is 0 Å². The average Bonchev–Trinajstić information content (AvgIpc) is 2.04. The molecule has 1 saturated carbocycles. The van der Waals surface area contributed by atoms with Crippen LogP contribution in [-0.2, 0) is 0 Å². The molecule has 0 radical (unpaired) electrons. The third-order valence-electron chi connectivity index (χ3n) is 3.44. The molecule has 0 saturated heterocycles. The van der Waals surface area contributed by atoms with Crippen LogP contribution >= 0.6 is 0 Å². The highest BCUT2D eigenvalue weighted by Gasteiger charge is 2.30. The van der Waals surface area contributed by atoms with Crippen LogP contribution in [0.15, 0.2) is 11.6 Å². The van der Waals surface area contributed by atoms with E-state index in [9.17, 15) is 0 Å². The Kier molecular flexibility index (Phi) is 2.22. The highest BCUT2D eigenvalue weighted by molar-refractivity contribution is 5.14. The Morgan fingerprint density at radius 1 is 1.50 bits per heavy atom. The smallest absolute Gasteiger partial charge is 0.00986 e. The minimum Gasteiger partial charge on any atom is -0.317 e. The van der Waals surface area contributed by atoms with Gasteiger partial charge in [-0.3, -0.25) is 0 Å². The summed E-state index contributed by atoms with van der Waals surface area (Å²) in [6.07, 6.45) is 7.97. The molecular weight excluding hydrogens is 146 g/mol. The molecule has 0 aromatic rings. The van der Waals surface area contributed by atoms with Gasteiger partial charge in [-0.05, 0) is 44.6 Å². The number of hydrogen-bond donors (Lipinski definition) is 1. The summed E-state index contributed by atoms with van der Waals surface area (Å²) in [7, 11) is 2.11. The zero-order valence-electron chi connectivity index (χ0n) is 8.14. The molecule has 1 heteroatoms. The lowest BCUT2D eigenvalue weighted by Crippen LogP contribution is -2.39. The molecule has 3 unspecified atom stereocenters. The van der Waals surface area contributed by atoms with Gasteiger partial charge >= 0.3 is 0 Å². The molecule has 12 heavy (non-hydrogen) atoms. The Morgan fingerprint density at radius 3 is 3.08 bits per heavy atom. The molecule has 0 aliphatic heterocycles. The summed E-state index contributed by atoms with van der Waals surface area (Å²) in [6.45, 7) is 2.35. The molecule has 0 spiro atoms. The van der Waals surface area contributed by atoms with Gasteiger partial charge in [-0.1, -0.05) is 18.6 Å². The van der Waals surface area contributed by atoms with Crippen LogP contribution in [0.4, 0.5) is 0 Å². The van der Waals surface area contributed by atoms with Crippen LogP contribution in [0.25, 0.3) is 0 Å². The highest BCUT2D eigenvalue weighted by atomic mass is 14.9. The first kappa shape index (κ1) is 8.31. The van der Waals surface area contributed by atoms with Crippen molar-refractivity contribution in [3.05, 3.63) is 11.6 Å². The minimum atomic E-state index is 0.796. The van der Waals surface area contributed by atoms with Crippen LogP contribution in [0.5, 0.6) is 0 Å². The predicted molar refractivity (Wildman–Crippen MR) is 52.1 cm³/mol. The predicted octanol–water partition coefficient (Wildman–Crippen LogP) is 2.34. The van der Waals surface area contributed by atoms with Crippen molar-refractivity contribution in [2.24, 2.45) is 11.8 Å².